The zero-order valence-corrected chi connectivity index (χ0v) is 17.5. The van der Waals surface area contributed by atoms with Crippen molar-refractivity contribution in [1.29, 1.82) is 0 Å². The van der Waals surface area contributed by atoms with E-state index in [9.17, 15) is 4.79 Å². The number of carbonyl (C=O) groups is 1. The minimum Gasteiger partial charge on any atom is -0.323 e. The van der Waals surface area contributed by atoms with Crippen molar-refractivity contribution in [3.8, 4) is 5.69 Å². The Morgan fingerprint density at radius 2 is 2.14 bits per heavy atom. The molecule has 2 aromatic carbocycles. The minimum atomic E-state index is -0.149. The smallest absolute Gasteiger partial charge is 0.238 e. The Hall–Kier alpha value is -2.81. The van der Waals surface area contributed by atoms with E-state index in [0.717, 1.165) is 15.2 Å². The molecule has 1 amide bonds. The van der Waals surface area contributed by atoms with E-state index >= 15 is 0 Å². The van der Waals surface area contributed by atoms with Gasteiger partial charge in [-0.25, -0.2) is 14.6 Å². The van der Waals surface area contributed by atoms with Crippen molar-refractivity contribution in [3.05, 3.63) is 65.1 Å². The zero-order chi connectivity index (χ0) is 20.4. The number of para-hydroxylation sites is 1. The summed E-state index contributed by atoms with van der Waals surface area (Å²) in [5.74, 6) is -0.149. The lowest BCUT2D eigenvalue weighted by molar-refractivity contribution is -0.117. The molecule has 1 atom stereocenters. The highest BCUT2D eigenvalue weighted by Crippen LogP contribution is 2.29. The first kappa shape index (κ1) is 19.5. The third-order valence-corrected chi connectivity index (χ3v) is 6.06. The number of benzene rings is 2. The van der Waals surface area contributed by atoms with Crippen LogP contribution in [0.25, 0.3) is 15.9 Å². The van der Waals surface area contributed by atoms with Crippen LogP contribution < -0.4 is 5.32 Å². The van der Waals surface area contributed by atoms with Crippen LogP contribution in [-0.2, 0) is 4.79 Å². The summed E-state index contributed by atoms with van der Waals surface area (Å²) in [6.45, 7) is 2.26. The Kier molecular flexibility index (Phi) is 5.57. The number of thiazole rings is 1. The van der Waals surface area contributed by atoms with Crippen LogP contribution >= 0.6 is 22.9 Å². The van der Waals surface area contributed by atoms with Crippen LogP contribution in [0.15, 0.2) is 55.1 Å². The molecule has 1 N–H and O–H groups in total. The van der Waals surface area contributed by atoms with Gasteiger partial charge in [0.1, 0.15) is 17.7 Å². The normalized spacial score (nSPS) is 12.4. The van der Waals surface area contributed by atoms with Crippen LogP contribution in [0.2, 0.25) is 5.02 Å². The molecule has 0 bridgehead atoms. The number of aromatic nitrogens is 4. The van der Waals surface area contributed by atoms with E-state index in [0.29, 0.717) is 16.4 Å². The molecule has 9 heteroatoms. The number of rotatable bonds is 6. The van der Waals surface area contributed by atoms with E-state index in [-0.39, 0.29) is 18.5 Å². The maximum absolute atomic E-state index is 12.7. The Morgan fingerprint density at radius 1 is 1.31 bits per heavy atom. The summed E-state index contributed by atoms with van der Waals surface area (Å²) >= 11 is 7.77. The Balaban J connectivity index is 1.47. The zero-order valence-electron chi connectivity index (χ0n) is 15.9. The van der Waals surface area contributed by atoms with Crippen molar-refractivity contribution in [1.82, 2.24) is 24.6 Å². The maximum atomic E-state index is 12.7. The second-order valence-corrected chi connectivity index (χ2v) is 8.16. The van der Waals surface area contributed by atoms with Crippen molar-refractivity contribution in [2.75, 3.05) is 18.9 Å². The van der Waals surface area contributed by atoms with Gasteiger partial charge in [-0.3, -0.25) is 9.69 Å². The predicted molar refractivity (Wildman–Crippen MR) is 116 cm³/mol. The van der Waals surface area contributed by atoms with Gasteiger partial charge in [0.2, 0.25) is 5.91 Å². The second kappa shape index (κ2) is 8.28. The van der Waals surface area contributed by atoms with Gasteiger partial charge in [-0.15, -0.1) is 11.3 Å². The largest absolute Gasteiger partial charge is 0.323 e. The molecule has 0 aliphatic heterocycles. The number of likely N-dealkylation sites (N-methyl/N-ethyl adjacent to an activating group) is 1. The van der Waals surface area contributed by atoms with Crippen molar-refractivity contribution < 1.29 is 4.79 Å². The van der Waals surface area contributed by atoms with Crippen LogP contribution in [0, 0.1) is 0 Å². The molecule has 0 spiro atoms. The Bertz CT molecular complexity index is 1110. The third kappa shape index (κ3) is 4.29. The molecule has 0 saturated carbocycles. The summed E-state index contributed by atoms with van der Waals surface area (Å²) in [6, 6.07) is 13.3. The first-order valence-electron chi connectivity index (χ1n) is 9.01. The van der Waals surface area contributed by atoms with Gasteiger partial charge >= 0.3 is 0 Å². The summed E-state index contributed by atoms with van der Waals surface area (Å²) in [5, 5.41) is 8.57. The molecule has 0 aliphatic rings. The first-order chi connectivity index (χ1) is 14.0. The van der Waals surface area contributed by atoms with Gasteiger partial charge in [-0.05, 0) is 44.3 Å². The molecule has 0 saturated heterocycles. The van der Waals surface area contributed by atoms with Crippen molar-refractivity contribution in [2.24, 2.45) is 0 Å². The molecule has 2 aromatic heterocycles. The average molecular weight is 427 g/mol. The van der Waals surface area contributed by atoms with Crippen LogP contribution in [0.4, 0.5) is 5.69 Å². The van der Waals surface area contributed by atoms with Crippen molar-refractivity contribution in [2.45, 2.75) is 13.0 Å². The molecule has 2 heterocycles. The van der Waals surface area contributed by atoms with E-state index in [1.165, 1.54) is 6.33 Å². The molecule has 0 aliphatic carbocycles. The molecule has 4 aromatic rings. The first-order valence-corrected chi connectivity index (χ1v) is 10.2. The van der Waals surface area contributed by atoms with E-state index in [1.54, 1.807) is 40.5 Å². The lowest BCUT2D eigenvalue weighted by Crippen LogP contribution is -2.32. The molecule has 7 nitrogen and oxygen atoms in total. The number of amides is 1. The highest BCUT2D eigenvalue weighted by molar-refractivity contribution is 7.18. The maximum Gasteiger partial charge on any atom is 0.238 e. The summed E-state index contributed by atoms with van der Waals surface area (Å²) in [6.07, 6.45) is 3.01. The molecular weight excluding hydrogens is 408 g/mol. The summed E-state index contributed by atoms with van der Waals surface area (Å²) in [4.78, 5) is 23.3. The van der Waals surface area contributed by atoms with Gasteiger partial charge in [0, 0.05) is 5.02 Å². The Labute approximate surface area is 177 Å². The lowest BCUT2D eigenvalue weighted by Gasteiger charge is -2.22. The minimum absolute atomic E-state index is 0.00676. The lowest BCUT2D eigenvalue weighted by atomic mass is 10.2. The van der Waals surface area contributed by atoms with Gasteiger partial charge in [-0.2, -0.15) is 5.10 Å². The molecule has 0 unspecified atom stereocenters. The van der Waals surface area contributed by atoms with Crippen molar-refractivity contribution >= 4 is 44.7 Å². The number of halogens is 1. The molecule has 0 radical (unpaired) electrons. The highest BCUT2D eigenvalue weighted by atomic mass is 35.5. The Morgan fingerprint density at radius 3 is 2.90 bits per heavy atom. The van der Waals surface area contributed by atoms with Crippen LogP contribution in [0.3, 0.4) is 0 Å². The standard InChI is InChI=1S/C20H19ClN6OS/c1-13(20-25-15-5-3-4-6-18(15)29-20)26(2)10-19(28)24-16-9-14(21)7-8-17(16)27-12-22-11-23-27/h3-9,11-13H,10H2,1-2H3,(H,24,28)/t13-/m1/s1. The van der Waals surface area contributed by atoms with Crippen molar-refractivity contribution in [3.63, 3.8) is 0 Å². The van der Waals surface area contributed by atoms with E-state index in [1.807, 2.05) is 37.1 Å². The van der Waals surface area contributed by atoms with E-state index in [4.69, 9.17) is 16.6 Å². The van der Waals surface area contributed by atoms with Gasteiger partial charge in [-0.1, -0.05) is 23.7 Å². The summed E-state index contributed by atoms with van der Waals surface area (Å²) in [5.41, 5.74) is 2.25. The molecule has 0 fully saturated rings. The fraction of sp³-hybridized carbons (Fsp3) is 0.200. The molecule has 29 heavy (non-hydrogen) atoms. The molecule has 4 rings (SSSR count). The number of nitrogens with one attached hydrogen (secondary N) is 1. The van der Waals surface area contributed by atoms with Gasteiger partial charge in [0.15, 0.2) is 0 Å². The average Bonchev–Trinajstić information content (AvgIpc) is 3.37. The van der Waals surface area contributed by atoms with Gasteiger partial charge in [0.05, 0.1) is 34.2 Å². The van der Waals surface area contributed by atoms with Gasteiger partial charge in [0.25, 0.3) is 0 Å². The monoisotopic (exact) mass is 426 g/mol. The second-order valence-electron chi connectivity index (χ2n) is 6.66. The number of hydrogen-bond acceptors (Lipinski definition) is 6. The van der Waals surface area contributed by atoms with E-state index in [2.05, 4.69) is 21.5 Å². The SMILES string of the molecule is C[C@H](c1nc2ccccc2s1)N(C)CC(=O)Nc1cc(Cl)ccc1-n1cncn1. The molecule has 148 valence electrons. The number of carbonyl (C=O) groups excluding carboxylic acids is 1. The number of hydrogen-bond donors (Lipinski definition) is 1. The molecular formula is C20H19ClN6OS. The fourth-order valence-electron chi connectivity index (χ4n) is 2.95. The number of nitrogens with zero attached hydrogens (tertiary/aromatic N) is 5. The third-order valence-electron chi connectivity index (χ3n) is 4.62. The van der Waals surface area contributed by atoms with Gasteiger partial charge < -0.3 is 5.32 Å². The fourth-order valence-corrected chi connectivity index (χ4v) is 4.21. The summed E-state index contributed by atoms with van der Waals surface area (Å²) < 4.78 is 2.72. The van der Waals surface area contributed by atoms with E-state index < -0.39 is 0 Å². The topological polar surface area (TPSA) is 75.9 Å². The highest BCUT2D eigenvalue weighted by Gasteiger charge is 2.19. The number of anilines is 1. The van der Waals surface area contributed by atoms with Crippen LogP contribution in [-0.4, -0.2) is 44.1 Å². The predicted octanol–water partition coefficient (Wildman–Crippen LogP) is 4.16. The number of fused-ring (bicyclic) bond motifs is 1. The summed E-state index contributed by atoms with van der Waals surface area (Å²) in [7, 11) is 1.91. The van der Waals surface area contributed by atoms with Crippen LogP contribution in [0.1, 0.15) is 18.0 Å². The quantitative estimate of drug-likeness (QED) is 0.501. The van der Waals surface area contributed by atoms with Crippen LogP contribution in [0.5, 0.6) is 0 Å².